The van der Waals surface area contributed by atoms with Gasteiger partial charge in [-0.15, -0.1) is 0 Å². The Morgan fingerprint density at radius 2 is 2.00 bits per heavy atom. The SMILES string of the molecule is Cc1ccc(Oc2ccc(NC(=O)C3CC(=O)N(CC4CC4)C3)cn2)cc1. The quantitative estimate of drug-likeness (QED) is 0.852. The molecule has 27 heavy (non-hydrogen) atoms. The second-order valence-electron chi connectivity index (χ2n) is 7.43. The van der Waals surface area contributed by atoms with Gasteiger partial charge in [-0.05, 0) is 43.9 Å². The molecule has 0 radical (unpaired) electrons. The summed E-state index contributed by atoms with van der Waals surface area (Å²) >= 11 is 0. The first kappa shape index (κ1) is 17.5. The van der Waals surface area contributed by atoms with Crippen LogP contribution in [0.1, 0.15) is 24.8 Å². The lowest BCUT2D eigenvalue weighted by atomic mass is 10.1. The van der Waals surface area contributed by atoms with Gasteiger partial charge in [0, 0.05) is 25.6 Å². The van der Waals surface area contributed by atoms with Crippen molar-refractivity contribution in [2.75, 3.05) is 18.4 Å². The minimum Gasteiger partial charge on any atom is -0.439 e. The molecule has 6 heteroatoms. The van der Waals surface area contributed by atoms with Crippen LogP contribution in [0.4, 0.5) is 5.69 Å². The van der Waals surface area contributed by atoms with E-state index < -0.39 is 0 Å². The Bertz CT molecular complexity index is 829. The molecule has 2 aliphatic rings. The highest BCUT2D eigenvalue weighted by Crippen LogP contribution is 2.32. The van der Waals surface area contributed by atoms with Crippen LogP contribution in [-0.4, -0.2) is 34.8 Å². The van der Waals surface area contributed by atoms with Gasteiger partial charge in [0.15, 0.2) is 0 Å². The number of amides is 2. The summed E-state index contributed by atoms with van der Waals surface area (Å²) in [6.45, 7) is 3.33. The molecule has 1 saturated carbocycles. The van der Waals surface area contributed by atoms with E-state index >= 15 is 0 Å². The van der Waals surface area contributed by atoms with Crippen LogP contribution in [0.15, 0.2) is 42.6 Å². The zero-order valence-electron chi connectivity index (χ0n) is 15.4. The molecule has 1 aromatic heterocycles. The van der Waals surface area contributed by atoms with Crippen molar-refractivity contribution in [3.05, 3.63) is 48.2 Å². The molecule has 1 aliphatic heterocycles. The number of hydrogen-bond acceptors (Lipinski definition) is 4. The Balaban J connectivity index is 1.32. The van der Waals surface area contributed by atoms with Gasteiger partial charge >= 0.3 is 0 Å². The largest absolute Gasteiger partial charge is 0.439 e. The predicted octanol–water partition coefficient (Wildman–Crippen LogP) is 3.38. The maximum atomic E-state index is 12.5. The van der Waals surface area contributed by atoms with Gasteiger partial charge < -0.3 is 15.0 Å². The van der Waals surface area contributed by atoms with Crippen molar-refractivity contribution in [2.24, 2.45) is 11.8 Å². The van der Waals surface area contributed by atoms with Crippen molar-refractivity contribution in [3.63, 3.8) is 0 Å². The molecular weight excluding hydrogens is 342 g/mol. The van der Waals surface area contributed by atoms with Crippen molar-refractivity contribution in [2.45, 2.75) is 26.2 Å². The van der Waals surface area contributed by atoms with E-state index in [0.29, 0.717) is 36.2 Å². The average Bonchev–Trinajstić information content (AvgIpc) is 3.40. The summed E-state index contributed by atoms with van der Waals surface area (Å²) in [5, 5.41) is 2.86. The second-order valence-corrected chi connectivity index (χ2v) is 7.43. The minimum atomic E-state index is -0.292. The fourth-order valence-electron chi connectivity index (χ4n) is 3.22. The van der Waals surface area contributed by atoms with E-state index in [4.69, 9.17) is 4.74 Å². The van der Waals surface area contributed by atoms with Gasteiger partial charge in [0.05, 0.1) is 17.8 Å². The molecular formula is C21H23N3O3. The van der Waals surface area contributed by atoms with Crippen LogP contribution in [0, 0.1) is 18.8 Å². The third-order valence-electron chi connectivity index (χ3n) is 5.01. The smallest absolute Gasteiger partial charge is 0.229 e. The molecule has 2 fully saturated rings. The summed E-state index contributed by atoms with van der Waals surface area (Å²) in [7, 11) is 0. The number of carbonyl (C=O) groups is 2. The number of likely N-dealkylation sites (tertiary alicyclic amines) is 1. The molecule has 0 spiro atoms. The number of anilines is 1. The normalized spacial score (nSPS) is 19.2. The van der Waals surface area contributed by atoms with E-state index in [9.17, 15) is 9.59 Å². The van der Waals surface area contributed by atoms with E-state index in [2.05, 4.69) is 10.3 Å². The second kappa shape index (κ2) is 7.39. The lowest BCUT2D eigenvalue weighted by molar-refractivity contribution is -0.128. The average molecular weight is 365 g/mol. The van der Waals surface area contributed by atoms with E-state index in [1.807, 2.05) is 36.1 Å². The number of carbonyl (C=O) groups excluding carboxylic acids is 2. The number of aromatic nitrogens is 1. The topological polar surface area (TPSA) is 71.5 Å². The highest BCUT2D eigenvalue weighted by atomic mass is 16.5. The standard InChI is InChI=1S/C21H23N3O3/c1-14-2-7-18(8-3-14)27-19-9-6-17(11-22-19)23-21(26)16-10-20(25)24(13-16)12-15-4-5-15/h2-3,6-9,11,15-16H,4-5,10,12-13H2,1H3,(H,23,26). The summed E-state index contributed by atoms with van der Waals surface area (Å²) in [5.41, 5.74) is 1.76. The maximum Gasteiger partial charge on any atom is 0.229 e. The van der Waals surface area contributed by atoms with Gasteiger partial charge in [-0.2, -0.15) is 0 Å². The third kappa shape index (κ3) is 4.45. The zero-order chi connectivity index (χ0) is 18.8. The van der Waals surface area contributed by atoms with Crippen LogP contribution >= 0.6 is 0 Å². The number of aryl methyl sites for hydroxylation is 1. The fourth-order valence-corrected chi connectivity index (χ4v) is 3.22. The molecule has 2 aromatic rings. The van der Waals surface area contributed by atoms with Crippen LogP contribution in [0.25, 0.3) is 0 Å². The molecule has 2 heterocycles. The highest BCUT2D eigenvalue weighted by Gasteiger charge is 2.37. The highest BCUT2D eigenvalue weighted by molar-refractivity contribution is 5.97. The number of benzene rings is 1. The maximum absolute atomic E-state index is 12.5. The number of ether oxygens (including phenoxy) is 1. The molecule has 1 N–H and O–H groups in total. The Morgan fingerprint density at radius 3 is 2.67 bits per heavy atom. The van der Waals surface area contributed by atoms with Gasteiger partial charge in [0.1, 0.15) is 5.75 Å². The molecule has 1 aromatic carbocycles. The van der Waals surface area contributed by atoms with Crippen molar-refractivity contribution in [3.8, 4) is 11.6 Å². The molecule has 1 aliphatic carbocycles. The summed E-state index contributed by atoms with van der Waals surface area (Å²) in [6, 6.07) is 11.2. The number of rotatable bonds is 6. The van der Waals surface area contributed by atoms with Gasteiger partial charge in [-0.25, -0.2) is 4.98 Å². The number of hydrogen-bond donors (Lipinski definition) is 1. The van der Waals surface area contributed by atoms with E-state index in [0.717, 1.165) is 12.1 Å². The Hall–Kier alpha value is -2.89. The van der Waals surface area contributed by atoms with Crippen LogP contribution in [0.2, 0.25) is 0 Å². The van der Waals surface area contributed by atoms with Gasteiger partial charge in [-0.3, -0.25) is 9.59 Å². The summed E-state index contributed by atoms with van der Waals surface area (Å²) < 4.78 is 5.69. The van der Waals surface area contributed by atoms with Crippen molar-refractivity contribution in [1.82, 2.24) is 9.88 Å². The monoisotopic (exact) mass is 365 g/mol. The Kier molecular flexibility index (Phi) is 4.79. The minimum absolute atomic E-state index is 0.0852. The lowest BCUT2D eigenvalue weighted by Gasteiger charge is -2.16. The van der Waals surface area contributed by atoms with Gasteiger partial charge in [0.25, 0.3) is 0 Å². The molecule has 0 bridgehead atoms. The summed E-state index contributed by atoms with van der Waals surface area (Å²) in [6.07, 6.45) is 4.26. The van der Waals surface area contributed by atoms with Gasteiger partial charge in [0.2, 0.25) is 17.7 Å². The number of nitrogens with one attached hydrogen (secondary N) is 1. The number of nitrogens with zero attached hydrogens (tertiary/aromatic N) is 2. The van der Waals surface area contributed by atoms with Gasteiger partial charge in [-0.1, -0.05) is 17.7 Å². The van der Waals surface area contributed by atoms with Crippen LogP contribution < -0.4 is 10.1 Å². The van der Waals surface area contributed by atoms with Crippen LogP contribution in [0.3, 0.4) is 0 Å². The first-order valence-corrected chi connectivity index (χ1v) is 9.36. The number of pyridine rings is 1. The molecule has 2 amide bonds. The van der Waals surface area contributed by atoms with Crippen LogP contribution in [-0.2, 0) is 9.59 Å². The Labute approximate surface area is 158 Å². The summed E-state index contributed by atoms with van der Waals surface area (Å²) in [5.74, 6) is 1.48. The van der Waals surface area contributed by atoms with E-state index in [-0.39, 0.29) is 17.7 Å². The summed E-state index contributed by atoms with van der Waals surface area (Å²) in [4.78, 5) is 30.6. The Morgan fingerprint density at radius 1 is 1.22 bits per heavy atom. The van der Waals surface area contributed by atoms with E-state index in [1.165, 1.54) is 12.8 Å². The first-order valence-electron chi connectivity index (χ1n) is 9.36. The molecule has 6 nitrogen and oxygen atoms in total. The molecule has 4 rings (SSSR count). The van der Waals surface area contributed by atoms with Crippen molar-refractivity contribution in [1.29, 1.82) is 0 Å². The predicted molar refractivity (Wildman–Crippen MR) is 102 cm³/mol. The molecule has 140 valence electrons. The zero-order valence-corrected chi connectivity index (χ0v) is 15.4. The molecule has 1 atom stereocenters. The van der Waals surface area contributed by atoms with Crippen molar-refractivity contribution < 1.29 is 14.3 Å². The van der Waals surface area contributed by atoms with E-state index in [1.54, 1.807) is 18.3 Å². The molecule has 1 saturated heterocycles. The fraction of sp³-hybridized carbons (Fsp3) is 0.381. The van der Waals surface area contributed by atoms with Crippen molar-refractivity contribution >= 4 is 17.5 Å². The van der Waals surface area contributed by atoms with Crippen LogP contribution in [0.5, 0.6) is 11.6 Å². The molecule has 1 unspecified atom stereocenters. The first-order chi connectivity index (χ1) is 13.1. The third-order valence-corrected chi connectivity index (χ3v) is 5.01. The lowest BCUT2D eigenvalue weighted by Crippen LogP contribution is -2.29.